The number of benzene rings is 2. The largest absolute Gasteiger partial charge is 0.368 e. The number of nitrogens with zero attached hydrogens (tertiary/aromatic N) is 3. The number of carbonyl (C=O) groups is 2. The van der Waals surface area contributed by atoms with Crippen LogP contribution in [0.5, 0.6) is 0 Å². The van der Waals surface area contributed by atoms with Crippen LogP contribution in [0.1, 0.15) is 49.0 Å². The molecular formula is C27H33ClN4O4S. The quantitative estimate of drug-likeness (QED) is 0.430. The Hall–Kier alpha value is -2.77. The van der Waals surface area contributed by atoms with Crippen LogP contribution in [0, 0.1) is 23.2 Å². The van der Waals surface area contributed by atoms with E-state index in [4.69, 9.17) is 22.6 Å². The number of primary amides is 1. The number of hydrogen-bond donors (Lipinski definition) is 1. The van der Waals surface area contributed by atoms with Gasteiger partial charge in [-0.25, -0.2) is 8.42 Å². The molecule has 37 heavy (non-hydrogen) atoms. The Balaban J connectivity index is 1.72. The summed E-state index contributed by atoms with van der Waals surface area (Å²) in [6.45, 7) is 5.53. The van der Waals surface area contributed by atoms with Crippen molar-refractivity contribution in [1.29, 1.82) is 5.26 Å². The fourth-order valence-corrected chi connectivity index (χ4v) is 6.37. The van der Waals surface area contributed by atoms with E-state index in [2.05, 4.69) is 4.90 Å². The van der Waals surface area contributed by atoms with Crippen LogP contribution < -0.4 is 5.73 Å². The molecule has 0 spiro atoms. The highest BCUT2D eigenvalue weighted by atomic mass is 35.5. The van der Waals surface area contributed by atoms with Gasteiger partial charge in [-0.1, -0.05) is 37.6 Å². The summed E-state index contributed by atoms with van der Waals surface area (Å²) in [5.41, 5.74) is 6.77. The molecule has 1 amide bonds. The molecular weight excluding hydrogens is 512 g/mol. The van der Waals surface area contributed by atoms with Crippen molar-refractivity contribution in [2.75, 3.05) is 26.2 Å². The second-order valence-corrected chi connectivity index (χ2v) is 12.2. The van der Waals surface area contributed by atoms with Gasteiger partial charge in [0.15, 0.2) is 5.78 Å². The first kappa shape index (κ1) is 28.8. The molecule has 2 aromatic rings. The molecule has 0 unspecified atom stereocenters. The third-order valence-corrected chi connectivity index (χ3v) is 8.78. The van der Waals surface area contributed by atoms with Crippen LogP contribution in [-0.2, 0) is 14.8 Å². The van der Waals surface area contributed by atoms with Gasteiger partial charge in [0.2, 0.25) is 15.9 Å². The van der Waals surface area contributed by atoms with Gasteiger partial charge in [0, 0.05) is 17.1 Å². The van der Waals surface area contributed by atoms with E-state index >= 15 is 0 Å². The number of Topliss-reactive ketones (excluding diaryl/α,β-unsaturated/α-hetero) is 1. The number of hydrogen-bond acceptors (Lipinski definition) is 6. The van der Waals surface area contributed by atoms with Crippen molar-refractivity contribution in [2.24, 2.45) is 17.6 Å². The summed E-state index contributed by atoms with van der Waals surface area (Å²) in [6, 6.07) is 13.6. The first-order chi connectivity index (χ1) is 17.5. The topological polar surface area (TPSA) is 125 Å². The number of piperidine rings is 1. The highest BCUT2D eigenvalue weighted by Crippen LogP contribution is 2.28. The number of sulfonamides is 1. The van der Waals surface area contributed by atoms with Crippen LogP contribution in [0.3, 0.4) is 0 Å². The number of amides is 1. The lowest BCUT2D eigenvalue weighted by atomic mass is 9.95. The molecule has 1 fully saturated rings. The van der Waals surface area contributed by atoms with Crippen molar-refractivity contribution in [3.63, 3.8) is 0 Å². The summed E-state index contributed by atoms with van der Waals surface area (Å²) < 4.78 is 28.6. The van der Waals surface area contributed by atoms with Gasteiger partial charge >= 0.3 is 0 Å². The summed E-state index contributed by atoms with van der Waals surface area (Å²) in [6.07, 6.45) is 1.68. The van der Waals surface area contributed by atoms with Crippen LogP contribution in [0.25, 0.3) is 0 Å². The molecule has 198 valence electrons. The maximum absolute atomic E-state index is 13.7. The first-order valence-electron chi connectivity index (χ1n) is 12.3. The zero-order valence-corrected chi connectivity index (χ0v) is 22.7. The number of halogens is 1. The smallest absolute Gasteiger partial charge is 0.243 e. The van der Waals surface area contributed by atoms with E-state index in [0.717, 1.165) is 0 Å². The standard InChI is InChI=1S/C27H33ClN4O4S/c1-19(2)15-25(27(30)34)32(37(35,36)24-9-7-23(28)8-10-24)17-21-11-13-31(14-12-21)18-26(33)22-5-3-20(16-29)4-6-22/h3-10,19,21,25H,11-15,17-18H2,1-2H3,(H2,30,34)/t25-/m0/s1. The minimum Gasteiger partial charge on any atom is -0.368 e. The van der Waals surface area contributed by atoms with Gasteiger partial charge in [0.25, 0.3) is 0 Å². The molecule has 1 aliphatic heterocycles. The van der Waals surface area contributed by atoms with E-state index in [1.165, 1.54) is 28.6 Å². The van der Waals surface area contributed by atoms with Gasteiger partial charge in [-0.15, -0.1) is 0 Å². The lowest BCUT2D eigenvalue weighted by Crippen LogP contribution is -2.51. The summed E-state index contributed by atoms with van der Waals surface area (Å²) >= 11 is 5.96. The van der Waals surface area contributed by atoms with Crippen LogP contribution in [0.2, 0.25) is 5.02 Å². The van der Waals surface area contributed by atoms with Gasteiger partial charge in [-0.05, 0) is 80.6 Å². The van der Waals surface area contributed by atoms with Crippen LogP contribution in [-0.4, -0.2) is 61.5 Å². The maximum Gasteiger partial charge on any atom is 0.243 e. The molecule has 2 N–H and O–H groups in total. The van der Waals surface area contributed by atoms with E-state index in [9.17, 15) is 18.0 Å². The van der Waals surface area contributed by atoms with E-state index < -0.39 is 22.0 Å². The molecule has 1 heterocycles. The summed E-state index contributed by atoms with van der Waals surface area (Å²) in [7, 11) is -4.00. The first-order valence-corrected chi connectivity index (χ1v) is 14.2. The number of carbonyl (C=O) groups excluding carboxylic acids is 2. The molecule has 10 heteroatoms. The Morgan fingerprint density at radius 2 is 1.70 bits per heavy atom. The molecule has 0 aliphatic carbocycles. The minimum absolute atomic E-state index is 0.0114. The average molecular weight is 545 g/mol. The zero-order chi connectivity index (χ0) is 27.2. The molecule has 0 bridgehead atoms. The fourth-order valence-electron chi connectivity index (χ4n) is 4.56. The second kappa shape index (κ2) is 12.7. The van der Waals surface area contributed by atoms with Crippen LogP contribution in [0.15, 0.2) is 53.4 Å². The average Bonchev–Trinajstić information content (AvgIpc) is 2.87. The lowest BCUT2D eigenvalue weighted by Gasteiger charge is -2.36. The van der Waals surface area contributed by atoms with Gasteiger partial charge in [0.1, 0.15) is 6.04 Å². The van der Waals surface area contributed by atoms with Crippen molar-refractivity contribution in [2.45, 2.75) is 44.0 Å². The molecule has 1 atom stereocenters. The molecule has 0 saturated carbocycles. The van der Waals surface area contributed by atoms with Gasteiger partial charge < -0.3 is 5.73 Å². The van der Waals surface area contributed by atoms with E-state index in [-0.39, 0.29) is 35.6 Å². The van der Waals surface area contributed by atoms with Crippen molar-refractivity contribution in [3.8, 4) is 6.07 Å². The van der Waals surface area contributed by atoms with Crippen molar-refractivity contribution < 1.29 is 18.0 Å². The van der Waals surface area contributed by atoms with Crippen LogP contribution >= 0.6 is 11.6 Å². The van der Waals surface area contributed by atoms with Gasteiger partial charge in [-0.2, -0.15) is 9.57 Å². The number of likely N-dealkylation sites (tertiary alicyclic amines) is 1. The molecule has 1 saturated heterocycles. The van der Waals surface area contributed by atoms with E-state index in [0.29, 0.717) is 48.5 Å². The SMILES string of the molecule is CC(C)C[C@@H](C(N)=O)N(CC1CCN(CC(=O)c2ccc(C#N)cc2)CC1)S(=O)(=O)c1ccc(Cl)cc1. The van der Waals surface area contributed by atoms with Gasteiger partial charge in [0.05, 0.1) is 23.1 Å². The lowest BCUT2D eigenvalue weighted by molar-refractivity contribution is -0.122. The highest BCUT2D eigenvalue weighted by molar-refractivity contribution is 7.89. The maximum atomic E-state index is 13.7. The molecule has 3 rings (SSSR count). The number of nitriles is 1. The number of rotatable bonds is 11. The normalized spacial score (nSPS) is 16.0. The summed E-state index contributed by atoms with van der Waals surface area (Å²) in [4.78, 5) is 27.2. The van der Waals surface area contributed by atoms with Crippen molar-refractivity contribution in [1.82, 2.24) is 9.21 Å². The molecule has 1 aliphatic rings. The van der Waals surface area contributed by atoms with Crippen molar-refractivity contribution in [3.05, 3.63) is 64.7 Å². The number of ketones is 1. The van der Waals surface area contributed by atoms with Crippen molar-refractivity contribution >= 4 is 33.3 Å². The monoisotopic (exact) mass is 544 g/mol. The molecule has 0 aromatic heterocycles. The number of nitrogens with two attached hydrogens (primary N) is 1. The predicted octanol–water partition coefficient (Wildman–Crippen LogP) is 3.70. The Morgan fingerprint density at radius 1 is 1.11 bits per heavy atom. The fraction of sp³-hybridized carbons (Fsp3) is 0.444. The second-order valence-electron chi connectivity index (χ2n) is 9.91. The Morgan fingerprint density at radius 3 is 2.22 bits per heavy atom. The third-order valence-electron chi connectivity index (χ3n) is 6.64. The minimum atomic E-state index is -4.00. The molecule has 8 nitrogen and oxygen atoms in total. The summed E-state index contributed by atoms with van der Waals surface area (Å²) in [5, 5.41) is 9.35. The summed E-state index contributed by atoms with van der Waals surface area (Å²) in [5.74, 6) is -0.620. The molecule has 2 aromatic carbocycles. The molecule has 0 radical (unpaired) electrons. The Bertz CT molecular complexity index is 1230. The van der Waals surface area contributed by atoms with E-state index in [1.807, 2.05) is 19.9 Å². The van der Waals surface area contributed by atoms with Crippen LogP contribution in [0.4, 0.5) is 0 Å². The third kappa shape index (κ3) is 7.62. The Labute approximate surface area is 224 Å². The zero-order valence-electron chi connectivity index (χ0n) is 21.1. The van der Waals surface area contributed by atoms with Gasteiger partial charge in [-0.3, -0.25) is 14.5 Å². The van der Waals surface area contributed by atoms with E-state index in [1.54, 1.807) is 24.3 Å². The Kier molecular flexibility index (Phi) is 9.85. The predicted molar refractivity (Wildman–Crippen MR) is 142 cm³/mol. The highest BCUT2D eigenvalue weighted by Gasteiger charge is 2.37.